The highest BCUT2D eigenvalue weighted by atomic mass is 16.8. The molecule has 77 heavy (non-hydrogen) atoms. The third-order valence-corrected chi connectivity index (χ3v) is 21.4. The van der Waals surface area contributed by atoms with Crippen LogP contribution in [0.25, 0.3) is 0 Å². The molecule has 0 aromatic rings. The van der Waals surface area contributed by atoms with Crippen molar-refractivity contribution in [2.45, 2.75) is 241 Å². The van der Waals surface area contributed by atoms with Gasteiger partial charge >= 0.3 is 5.97 Å². The number of fused-ring (bicyclic) bond motifs is 7. The summed E-state index contributed by atoms with van der Waals surface area (Å²) in [5.74, 6) is -2.18. The maximum absolute atomic E-state index is 12.8. The Morgan fingerprint density at radius 3 is 1.75 bits per heavy atom. The lowest BCUT2D eigenvalue weighted by Gasteiger charge is -2.72. The highest BCUT2D eigenvalue weighted by Crippen LogP contribution is 2.76. The van der Waals surface area contributed by atoms with Crippen LogP contribution in [-0.2, 0) is 42.7 Å². The molecule has 4 heterocycles. The normalized spacial score (nSPS) is 55.3. The van der Waals surface area contributed by atoms with E-state index in [9.17, 15) is 81.4 Å². The zero-order valence-corrected chi connectivity index (χ0v) is 45.0. The van der Waals surface area contributed by atoms with Crippen molar-refractivity contribution in [2.75, 3.05) is 19.8 Å². The number of ether oxygens (including phenoxy) is 8. The van der Waals surface area contributed by atoms with E-state index in [1.807, 2.05) is 27.7 Å². The van der Waals surface area contributed by atoms with Crippen LogP contribution in [0.2, 0.25) is 0 Å². The van der Waals surface area contributed by atoms with Crippen LogP contribution in [-0.4, -0.2) is 244 Å². The van der Waals surface area contributed by atoms with Crippen LogP contribution in [0.5, 0.6) is 0 Å². The summed E-state index contributed by atoms with van der Waals surface area (Å²) in [6.07, 6.45) is -30.7. The Labute approximate surface area is 447 Å². The molecule has 0 spiro atoms. The van der Waals surface area contributed by atoms with Crippen molar-refractivity contribution in [3.63, 3.8) is 0 Å². The molecule has 4 saturated heterocycles. The largest absolute Gasteiger partial charge is 0.479 e. The molecule has 0 aromatic carbocycles. The van der Waals surface area contributed by atoms with Gasteiger partial charge in [-0.1, -0.05) is 60.1 Å². The fourth-order valence-corrected chi connectivity index (χ4v) is 16.7. The molecule has 4 saturated carbocycles. The van der Waals surface area contributed by atoms with E-state index in [-0.39, 0.29) is 23.7 Å². The molecule has 15 N–H and O–H groups in total. The molecule has 9 aliphatic rings. The van der Waals surface area contributed by atoms with Gasteiger partial charge in [-0.3, -0.25) is 0 Å². The number of aliphatic hydroxyl groups excluding tert-OH is 14. The maximum Gasteiger partial charge on any atom is 0.335 e. The standard InChI is InChI=1S/C53H86O24/c1-20-29(58)32(61)35(64)44(70-20)77-42-41(67)53(19-56)22(15-48(42,2)3)21-9-10-26-50(6)13-12-28(49(4,5)25(50)11-14-51(26,7)52(21,8)16-27(53)57)73-47-40(76-46-36(65)33(62)30(59)23(17-54)71-46)38(37(66)39(75-47)43(68)69)74-45-34(63)31(60)24(18-55)72-45/h9,20,22-42,44-47,54-67H,10-19H2,1-8H3,(H,68,69)/t20-,22?,23-,24+,25?,26?,27-,28+,29-,30+,31+,32+,33+,34-,35+,36-,37+,38+,39+,40-,41+,42+,44-,45+,46+,47-,50+,51-,52-,53+/m1/s1. The van der Waals surface area contributed by atoms with Crippen LogP contribution < -0.4 is 0 Å². The van der Waals surface area contributed by atoms with Gasteiger partial charge in [-0.05, 0) is 96.7 Å². The van der Waals surface area contributed by atoms with Crippen LogP contribution >= 0.6 is 0 Å². The Balaban J connectivity index is 1.00. The van der Waals surface area contributed by atoms with Crippen molar-refractivity contribution in [3.05, 3.63) is 11.6 Å². The number of carboxylic acids is 1. The molecule has 3 unspecified atom stereocenters. The Bertz CT molecular complexity index is 2150. The minimum Gasteiger partial charge on any atom is -0.479 e. The first-order chi connectivity index (χ1) is 35.9. The first-order valence-corrected chi connectivity index (χ1v) is 27.4. The van der Waals surface area contributed by atoms with E-state index in [1.54, 1.807) is 0 Å². The molecule has 9 rings (SSSR count). The molecule has 4 aliphatic heterocycles. The van der Waals surface area contributed by atoms with Crippen LogP contribution in [0.1, 0.15) is 100 Å². The van der Waals surface area contributed by atoms with E-state index in [1.165, 1.54) is 6.92 Å². The second-order valence-corrected chi connectivity index (χ2v) is 26.1. The van der Waals surface area contributed by atoms with Crippen molar-refractivity contribution in [1.29, 1.82) is 0 Å². The van der Waals surface area contributed by atoms with Gasteiger partial charge in [-0.15, -0.1) is 0 Å². The molecule has 0 bridgehead atoms. The SMILES string of the molecule is C[C@H]1O[C@H](O[C@H]2[C@H](O)[C@@]3(CO)C(CC2(C)C)C2=CCC4[C@@]5(C)CC[C@H](O[C@@H]6O[C@H](C(=O)O)[C@@H](O)[C@H](O[C@@H]7O[C@@H](CO)[C@H](O)[C@H]7O)[C@H]6O[C@@H]6O[C@H](CO)[C@H](O)[C@H](O)[C@H]6O)C(C)(C)C5CC[C@@]4(C)[C@]2(C)C[C@H]3O)[C@@H](O)[C@@H](O)[C@@H]1O. The molecule has 0 aromatic heterocycles. The van der Waals surface area contributed by atoms with Crippen molar-refractivity contribution in [2.24, 2.45) is 50.2 Å². The number of hydrogen-bond acceptors (Lipinski definition) is 23. The van der Waals surface area contributed by atoms with Gasteiger partial charge in [0.1, 0.15) is 79.4 Å². The molecular weight excluding hydrogens is 1020 g/mol. The molecule has 24 nitrogen and oxygen atoms in total. The first kappa shape index (κ1) is 59.9. The molecule has 0 amide bonds. The highest BCUT2D eigenvalue weighted by molar-refractivity contribution is 5.73. The predicted molar refractivity (Wildman–Crippen MR) is 260 cm³/mol. The van der Waals surface area contributed by atoms with Gasteiger partial charge in [0.15, 0.2) is 31.3 Å². The molecule has 30 atom stereocenters. The number of allylic oxidation sites excluding steroid dienone is 2. The van der Waals surface area contributed by atoms with Crippen molar-refractivity contribution >= 4 is 5.97 Å². The molecule has 0 radical (unpaired) electrons. The molecular formula is C53H86O24. The van der Waals surface area contributed by atoms with Gasteiger partial charge in [0.05, 0.1) is 55.8 Å². The Kier molecular flexibility index (Phi) is 16.5. The molecule has 24 heteroatoms. The minimum absolute atomic E-state index is 0.0244. The average molecular weight is 1110 g/mol. The zero-order valence-electron chi connectivity index (χ0n) is 45.0. The number of carbonyl (C=O) groups is 1. The van der Waals surface area contributed by atoms with Crippen molar-refractivity contribution in [1.82, 2.24) is 0 Å². The molecule has 442 valence electrons. The fraction of sp³-hybridized carbons (Fsp3) is 0.943. The minimum atomic E-state index is -2.11. The lowest BCUT2D eigenvalue weighted by atomic mass is 9.33. The van der Waals surface area contributed by atoms with Crippen molar-refractivity contribution < 1.29 is 119 Å². The summed E-state index contributed by atoms with van der Waals surface area (Å²) in [4.78, 5) is 12.8. The second-order valence-electron chi connectivity index (χ2n) is 26.1. The fourth-order valence-electron chi connectivity index (χ4n) is 16.7. The van der Waals surface area contributed by atoms with Gasteiger partial charge in [-0.2, -0.15) is 0 Å². The third-order valence-electron chi connectivity index (χ3n) is 21.4. The van der Waals surface area contributed by atoms with Crippen LogP contribution in [0.4, 0.5) is 0 Å². The highest BCUT2D eigenvalue weighted by Gasteiger charge is 2.73. The summed E-state index contributed by atoms with van der Waals surface area (Å²) < 4.78 is 48.6. The summed E-state index contributed by atoms with van der Waals surface area (Å²) in [7, 11) is 0. The lowest BCUT2D eigenvalue weighted by Crippen LogP contribution is -2.72. The van der Waals surface area contributed by atoms with Gasteiger partial charge in [0, 0.05) is 0 Å². The summed E-state index contributed by atoms with van der Waals surface area (Å²) in [6, 6.07) is 0. The van der Waals surface area contributed by atoms with E-state index >= 15 is 0 Å². The van der Waals surface area contributed by atoms with Gasteiger partial charge in [-0.25, -0.2) is 4.79 Å². The van der Waals surface area contributed by atoms with Crippen LogP contribution in [0.15, 0.2) is 11.6 Å². The Morgan fingerprint density at radius 1 is 0.610 bits per heavy atom. The quantitative estimate of drug-likeness (QED) is 0.0689. The summed E-state index contributed by atoms with van der Waals surface area (Å²) in [6.45, 7) is 14.0. The second kappa shape index (κ2) is 21.2. The smallest absolute Gasteiger partial charge is 0.335 e. The monoisotopic (exact) mass is 1110 g/mol. The Morgan fingerprint density at radius 2 is 1.17 bits per heavy atom. The van der Waals surface area contributed by atoms with Crippen LogP contribution in [0.3, 0.4) is 0 Å². The average Bonchev–Trinajstić information content (AvgIpc) is 3.64. The zero-order chi connectivity index (χ0) is 56.6. The van der Waals surface area contributed by atoms with Gasteiger partial charge in [0.2, 0.25) is 0 Å². The van der Waals surface area contributed by atoms with E-state index in [2.05, 4.69) is 26.8 Å². The molecule has 5 aliphatic carbocycles. The van der Waals surface area contributed by atoms with E-state index in [0.29, 0.717) is 38.5 Å². The number of carboxylic acid groups (broad SMARTS) is 1. The summed E-state index contributed by atoms with van der Waals surface area (Å²) in [5.41, 5.74) is -3.45. The predicted octanol–water partition coefficient (Wildman–Crippen LogP) is -2.89. The number of aliphatic hydroxyl groups is 14. The van der Waals surface area contributed by atoms with Gasteiger partial charge in [0.25, 0.3) is 0 Å². The van der Waals surface area contributed by atoms with E-state index in [4.69, 9.17) is 37.9 Å². The van der Waals surface area contributed by atoms with E-state index in [0.717, 1.165) is 5.57 Å². The topological polar surface area (TPSA) is 394 Å². The summed E-state index contributed by atoms with van der Waals surface area (Å²) >= 11 is 0. The van der Waals surface area contributed by atoms with Gasteiger partial charge < -0.3 is 114 Å². The number of rotatable bonds is 12. The third kappa shape index (κ3) is 9.22. The van der Waals surface area contributed by atoms with Crippen molar-refractivity contribution in [3.8, 4) is 0 Å². The number of hydrogen-bond donors (Lipinski definition) is 15. The Hall–Kier alpha value is -1.67. The first-order valence-electron chi connectivity index (χ1n) is 27.4. The van der Waals surface area contributed by atoms with E-state index < -0.39 is 200 Å². The molecule has 8 fully saturated rings. The van der Waals surface area contributed by atoms with Crippen LogP contribution in [0, 0.1) is 50.2 Å². The number of aliphatic carboxylic acids is 1. The lowest BCUT2D eigenvalue weighted by molar-refractivity contribution is -0.386. The maximum atomic E-state index is 12.8. The summed E-state index contributed by atoms with van der Waals surface area (Å²) in [5, 5.41) is 164.